The van der Waals surface area contributed by atoms with Gasteiger partial charge in [0.25, 0.3) is 5.56 Å². The molecule has 0 saturated carbocycles. The van der Waals surface area contributed by atoms with E-state index in [0.717, 1.165) is 5.39 Å². The summed E-state index contributed by atoms with van der Waals surface area (Å²) in [6.07, 6.45) is 0.182. The number of fused-ring (bicyclic) bond motifs is 2. The number of likely N-dealkylation sites (tertiary alicyclic amines) is 1. The van der Waals surface area contributed by atoms with E-state index in [9.17, 15) is 14.4 Å². The van der Waals surface area contributed by atoms with Gasteiger partial charge >= 0.3 is 0 Å². The Kier molecular flexibility index (Phi) is 4.43. The highest BCUT2D eigenvalue weighted by molar-refractivity contribution is 5.84. The third-order valence-corrected chi connectivity index (χ3v) is 5.47. The molecular formula is C19H22N4O4. The van der Waals surface area contributed by atoms with Gasteiger partial charge in [-0.3, -0.25) is 14.4 Å². The van der Waals surface area contributed by atoms with E-state index in [0.29, 0.717) is 37.2 Å². The number of aryl methyl sites for hydroxylation is 1. The van der Waals surface area contributed by atoms with Gasteiger partial charge in [0.2, 0.25) is 11.8 Å². The molecular weight excluding hydrogens is 348 g/mol. The minimum absolute atomic E-state index is 0.0276. The highest BCUT2D eigenvalue weighted by atomic mass is 16.5. The van der Waals surface area contributed by atoms with Crippen LogP contribution in [0.2, 0.25) is 0 Å². The molecule has 8 nitrogen and oxygen atoms in total. The Morgan fingerprint density at radius 3 is 2.74 bits per heavy atom. The Bertz CT molecular complexity index is 970. The van der Waals surface area contributed by atoms with Gasteiger partial charge in [-0.05, 0) is 13.0 Å². The van der Waals surface area contributed by atoms with E-state index in [-0.39, 0.29) is 36.1 Å². The number of likely N-dealkylation sites (N-methyl/N-ethyl adjacent to an activating group) is 1. The van der Waals surface area contributed by atoms with Gasteiger partial charge in [0.1, 0.15) is 6.54 Å². The van der Waals surface area contributed by atoms with E-state index in [1.807, 2.05) is 19.1 Å². The highest BCUT2D eigenvalue weighted by Crippen LogP contribution is 2.22. The lowest BCUT2D eigenvalue weighted by molar-refractivity contribution is -0.134. The number of carbonyl (C=O) groups excluding carboxylic acids is 2. The molecule has 2 fully saturated rings. The maximum absolute atomic E-state index is 12.8. The lowest BCUT2D eigenvalue weighted by Gasteiger charge is -2.25. The van der Waals surface area contributed by atoms with Crippen molar-refractivity contribution in [2.75, 3.05) is 26.7 Å². The zero-order valence-electron chi connectivity index (χ0n) is 15.4. The summed E-state index contributed by atoms with van der Waals surface area (Å²) in [5.74, 6) is -0.170. The lowest BCUT2D eigenvalue weighted by Crippen LogP contribution is -2.43. The molecule has 0 bridgehead atoms. The minimum atomic E-state index is -0.276. The molecule has 2 saturated heterocycles. The number of ether oxygens (including phenoxy) is 1. The molecule has 0 aliphatic carbocycles. The maximum Gasteiger partial charge on any atom is 0.275 e. The SMILES string of the molecule is Cc1nn(CC(=O)N2C[C@@H]3OCCC(=O)N(C)[C@H]3C2)c(=O)c2ccccc12. The van der Waals surface area contributed by atoms with Crippen LogP contribution < -0.4 is 5.56 Å². The predicted octanol–water partition coefficient (Wildman–Crippen LogP) is 0.163. The first-order chi connectivity index (χ1) is 13.0. The van der Waals surface area contributed by atoms with Gasteiger partial charge in [0, 0.05) is 25.5 Å². The Hall–Kier alpha value is -2.74. The van der Waals surface area contributed by atoms with Crippen LogP contribution in [0.1, 0.15) is 12.1 Å². The molecule has 27 heavy (non-hydrogen) atoms. The fraction of sp³-hybridized carbons (Fsp3) is 0.474. The van der Waals surface area contributed by atoms with Gasteiger partial charge in [0.05, 0.1) is 36.3 Å². The average Bonchev–Trinajstić information content (AvgIpc) is 3.04. The summed E-state index contributed by atoms with van der Waals surface area (Å²) < 4.78 is 6.98. The van der Waals surface area contributed by atoms with Crippen LogP contribution in [0.5, 0.6) is 0 Å². The second-order valence-corrected chi connectivity index (χ2v) is 7.12. The van der Waals surface area contributed by atoms with E-state index in [2.05, 4.69) is 5.10 Å². The molecule has 0 N–H and O–H groups in total. The number of aromatic nitrogens is 2. The molecule has 2 amide bonds. The van der Waals surface area contributed by atoms with Crippen LogP contribution in [0.15, 0.2) is 29.1 Å². The summed E-state index contributed by atoms with van der Waals surface area (Å²) in [6, 6.07) is 7.11. The second kappa shape index (κ2) is 6.77. The quantitative estimate of drug-likeness (QED) is 0.752. The predicted molar refractivity (Wildman–Crippen MR) is 98.2 cm³/mol. The Morgan fingerprint density at radius 1 is 1.22 bits per heavy atom. The average molecular weight is 370 g/mol. The van der Waals surface area contributed by atoms with E-state index >= 15 is 0 Å². The maximum atomic E-state index is 12.8. The van der Waals surface area contributed by atoms with E-state index in [1.165, 1.54) is 4.68 Å². The summed E-state index contributed by atoms with van der Waals surface area (Å²) >= 11 is 0. The Balaban J connectivity index is 1.55. The van der Waals surface area contributed by atoms with Gasteiger partial charge in [-0.1, -0.05) is 18.2 Å². The third-order valence-electron chi connectivity index (χ3n) is 5.47. The number of rotatable bonds is 2. The van der Waals surface area contributed by atoms with Crippen molar-refractivity contribution >= 4 is 22.6 Å². The molecule has 0 unspecified atom stereocenters. The zero-order chi connectivity index (χ0) is 19.1. The summed E-state index contributed by atoms with van der Waals surface area (Å²) in [7, 11) is 1.75. The minimum Gasteiger partial charge on any atom is -0.374 e. The zero-order valence-corrected chi connectivity index (χ0v) is 15.4. The monoisotopic (exact) mass is 370 g/mol. The van der Waals surface area contributed by atoms with Gasteiger partial charge in [-0.25, -0.2) is 4.68 Å². The summed E-state index contributed by atoms with van der Waals surface area (Å²) in [4.78, 5) is 40.8. The van der Waals surface area contributed by atoms with Gasteiger partial charge in [0.15, 0.2) is 0 Å². The summed E-state index contributed by atoms with van der Waals surface area (Å²) in [6.45, 7) is 2.90. The van der Waals surface area contributed by atoms with Crippen molar-refractivity contribution < 1.29 is 14.3 Å². The lowest BCUT2D eigenvalue weighted by atomic mass is 10.1. The Labute approximate surface area is 156 Å². The fourth-order valence-corrected chi connectivity index (χ4v) is 3.89. The van der Waals surface area contributed by atoms with Crippen molar-refractivity contribution in [2.24, 2.45) is 0 Å². The van der Waals surface area contributed by atoms with E-state index in [1.54, 1.807) is 29.0 Å². The Morgan fingerprint density at radius 2 is 1.96 bits per heavy atom. The highest BCUT2D eigenvalue weighted by Gasteiger charge is 2.41. The molecule has 1 aromatic heterocycles. The first kappa shape index (κ1) is 17.7. The van der Waals surface area contributed by atoms with Crippen molar-refractivity contribution in [3.8, 4) is 0 Å². The van der Waals surface area contributed by atoms with E-state index in [4.69, 9.17) is 4.74 Å². The molecule has 2 atom stereocenters. The molecule has 8 heteroatoms. The largest absolute Gasteiger partial charge is 0.374 e. The van der Waals surface area contributed by atoms with Gasteiger partial charge < -0.3 is 14.5 Å². The van der Waals surface area contributed by atoms with Crippen molar-refractivity contribution in [1.82, 2.24) is 19.6 Å². The van der Waals surface area contributed by atoms with Crippen molar-refractivity contribution in [3.05, 3.63) is 40.3 Å². The molecule has 0 radical (unpaired) electrons. The van der Waals surface area contributed by atoms with Crippen LogP contribution in [0.3, 0.4) is 0 Å². The molecule has 2 aliphatic heterocycles. The molecule has 1 aromatic carbocycles. The molecule has 4 rings (SSSR count). The molecule has 0 spiro atoms. The van der Waals surface area contributed by atoms with Crippen LogP contribution in [0.25, 0.3) is 10.8 Å². The van der Waals surface area contributed by atoms with E-state index < -0.39 is 0 Å². The summed E-state index contributed by atoms with van der Waals surface area (Å²) in [5.41, 5.74) is 0.430. The first-order valence-electron chi connectivity index (χ1n) is 9.07. The van der Waals surface area contributed by atoms with Crippen molar-refractivity contribution in [1.29, 1.82) is 0 Å². The van der Waals surface area contributed by atoms with Crippen LogP contribution in [0, 0.1) is 6.92 Å². The molecule has 2 aromatic rings. The van der Waals surface area contributed by atoms with Crippen molar-refractivity contribution in [2.45, 2.75) is 32.0 Å². The van der Waals surface area contributed by atoms with Gasteiger partial charge in [-0.2, -0.15) is 5.10 Å². The second-order valence-electron chi connectivity index (χ2n) is 7.12. The number of benzene rings is 1. The first-order valence-corrected chi connectivity index (χ1v) is 9.07. The summed E-state index contributed by atoms with van der Waals surface area (Å²) in [5, 5.41) is 5.65. The topological polar surface area (TPSA) is 84.7 Å². The fourth-order valence-electron chi connectivity index (χ4n) is 3.89. The van der Waals surface area contributed by atoms with Crippen LogP contribution in [-0.4, -0.2) is 70.3 Å². The number of carbonyl (C=O) groups is 2. The smallest absolute Gasteiger partial charge is 0.275 e. The molecule has 2 aliphatic rings. The van der Waals surface area contributed by atoms with Crippen LogP contribution in [0.4, 0.5) is 0 Å². The number of nitrogens with zero attached hydrogens (tertiary/aromatic N) is 4. The standard InChI is InChI=1S/C19H22N4O4/c1-12-13-5-3-4-6-14(13)19(26)23(20-12)11-18(25)22-9-15-16(10-22)27-8-7-17(24)21(15)2/h3-6,15-16H,7-11H2,1-2H3/t15-,16-/m0/s1. The van der Waals surface area contributed by atoms with Crippen LogP contribution >= 0.6 is 0 Å². The van der Waals surface area contributed by atoms with Crippen molar-refractivity contribution in [3.63, 3.8) is 0 Å². The number of amides is 2. The number of hydrogen-bond acceptors (Lipinski definition) is 5. The molecule has 3 heterocycles. The third kappa shape index (κ3) is 3.10. The van der Waals surface area contributed by atoms with Gasteiger partial charge in [-0.15, -0.1) is 0 Å². The molecule has 142 valence electrons. The normalized spacial score (nSPS) is 22.8. The van der Waals surface area contributed by atoms with Crippen LogP contribution in [-0.2, 0) is 20.9 Å². The number of hydrogen-bond donors (Lipinski definition) is 0.